The Labute approximate surface area is 139 Å². The fraction of sp³-hybridized carbons (Fsp3) is 0.105. The predicted octanol–water partition coefficient (Wildman–Crippen LogP) is 3.75. The lowest BCUT2D eigenvalue weighted by atomic mass is 9.99. The zero-order chi connectivity index (χ0) is 16.4. The van der Waals surface area contributed by atoms with E-state index in [1.54, 1.807) is 18.5 Å². The minimum Gasteiger partial charge on any atom is -0.494 e. The van der Waals surface area contributed by atoms with Crippen LogP contribution in [0, 0.1) is 0 Å². The van der Waals surface area contributed by atoms with Crippen molar-refractivity contribution in [2.75, 3.05) is 6.54 Å². The minimum absolute atomic E-state index is 0.0500. The fourth-order valence-electron chi connectivity index (χ4n) is 2.81. The Morgan fingerprint density at radius 3 is 2.50 bits per heavy atom. The van der Waals surface area contributed by atoms with E-state index in [9.17, 15) is 5.11 Å². The molecule has 0 spiro atoms. The summed E-state index contributed by atoms with van der Waals surface area (Å²) in [5, 5.41) is 9.47. The van der Waals surface area contributed by atoms with E-state index in [1.165, 1.54) is 0 Å². The minimum atomic E-state index is 0.0500. The first kappa shape index (κ1) is 14.4. The molecule has 2 N–H and O–H groups in total. The molecule has 1 aromatic carbocycles. The average molecular weight is 316 g/mol. The number of aliphatic hydroxyl groups excluding tert-OH is 1. The van der Waals surface area contributed by atoms with E-state index in [4.69, 9.17) is 4.98 Å². The maximum atomic E-state index is 9.47. The molecule has 4 rings (SSSR count). The molecule has 3 aromatic rings. The molecular formula is C19H16N4O. The van der Waals surface area contributed by atoms with E-state index in [0.717, 1.165) is 28.3 Å². The molecule has 1 atom stereocenters. The van der Waals surface area contributed by atoms with Gasteiger partial charge in [0.1, 0.15) is 5.82 Å². The zero-order valence-electron chi connectivity index (χ0n) is 12.9. The molecule has 0 saturated heterocycles. The third-order valence-electron chi connectivity index (χ3n) is 4.03. The molecule has 0 amide bonds. The summed E-state index contributed by atoms with van der Waals surface area (Å²) in [6.07, 6.45) is 7.11. The van der Waals surface area contributed by atoms with Gasteiger partial charge in [-0.2, -0.15) is 0 Å². The lowest BCUT2D eigenvalue weighted by Gasteiger charge is -2.13. The maximum absolute atomic E-state index is 9.47. The number of nitrogens with one attached hydrogen (secondary N) is 1. The molecule has 0 radical (unpaired) electrons. The molecule has 0 bridgehead atoms. The van der Waals surface area contributed by atoms with Gasteiger partial charge in [0.25, 0.3) is 0 Å². The summed E-state index contributed by atoms with van der Waals surface area (Å²) in [5.74, 6) is 0.943. The van der Waals surface area contributed by atoms with E-state index in [0.29, 0.717) is 6.54 Å². The van der Waals surface area contributed by atoms with E-state index in [-0.39, 0.29) is 11.8 Å². The van der Waals surface area contributed by atoms with Crippen LogP contribution in [-0.4, -0.2) is 32.5 Å². The lowest BCUT2D eigenvalue weighted by molar-refractivity contribution is 0.547. The van der Waals surface area contributed by atoms with Crippen LogP contribution in [0.3, 0.4) is 0 Å². The quantitative estimate of drug-likeness (QED) is 0.773. The Morgan fingerprint density at radius 1 is 1.00 bits per heavy atom. The third-order valence-corrected chi connectivity index (χ3v) is 4.03. The summed E-state index contributed by atoms with van der Waals surface area (Å²) >= 11 is 0. The molecule has 0 saturated carbocycles. The molecule has 1 aliphatic rings. The molecule has 1 aliphatic heterocycles. The standard InChI is InChI=1S/C19H16N4O/c24-16-7-6-15(12-21-16)18-17(13-8-10-20-11-9-13)22-19(23-18)14-4-2-1-3-5-14/h1-11,15H,12H2,(H,21,24)(H,22,23). The molecule has 2 aromatic heterocycles. The molecule has 118 valence electrons. The fourth-order valence-corrected chi connectivity index (χ4v) is 2.81. The number of aliphatic imine (C=N–C) groups is 1. The SMILES string of the molecule is OC1=NCC(c2[nH]c(-c3ccccc3)nc2-c2ccncc2)C=C1. The molecule has 24 heavy (non-hydrogen) atoms. The van der Waals surface area contributed by atoms with Gasteiger partial charge >= 0.3 is 0 Å². The highest BCUT2D eigenvalue weighted by atomic mass is 16.3. The van der Waals surface area contributed by atoms with E-state index in [2.05, 4.69) is 15.0 Å². The number of benzene rings is 1. The van der Waals surface area contributed by atoms with Crippen LogP contribution in [0.2, 0.25) is 0 Å². The van der Waals surface area contributed by atoms with Gasteiger partial charge < -0.3 is 10.1 Å². The number of aromatic nitrogens is 3. The second-order valence-corrected chi connectivity index (χ2v) is 5.61. The smallest absolute Gasteiger partial charge is 0.205 e. The van der Waals surface area contributed by atoms with Gasteiger partial charge in [-0.3, -0.25) is 9.98 Å². The van der Waals surface area contributed by atoms with Gasteiger partial charge in [-0.25, -0.2) is 4.98 Å². The molecule has 0 aliphatic carbocycles. The Kier molecular flexibility index (Phi) is 3.67. The van der Waals surface area contributed by atoms with E-state index in [1.807, 2.05) is 48.5 Å². The van der Waals surface area contributed by atoms with Crippen LogP contribution in [0.5, 0.6) is 0 Å². The van der Waals surface area contributed by atoms with Crippen molar-refractivity contribution in [1.82, 2.24) is 15.0 Å². The van der Waals surface area contributed by atoms with Crippen molar-refractivity contribution in [2.24, 2.45) is 4.99 Å². The van der Waals surface area contributed by atoms with Crippen LogP contribution >= 0.6 is 0 Å². The molecular weight excluding hydrogens is 300 g/mol. The lowest BCUT2D eigenvalue weighted by Crippen LogP contribution is -2.09. The van der Waals surface area contributed by atoms with Gasteiger partial charge in [0.2, 0.25) is 5.90 Å². The van der Waals surface area contributed by atoms with Crippen molar-refractivity contribution in [1.29, 1.82) is 0 Å². The number of nitrogens with zero attached hydrogens (tertiary/aromatic N) is 3. The van der Waals surface area contributed by atoms with Crippen LogP contribution in [0.4, 0.5) is 0 Å². The van der Waals surface area contributed by atoms with Crippen LogP contribution in [-0.2, 0) is 0 Å². The van der Waals surface area contributed by atoms with E-state index >= 15 is 0 Å². The van der Waals surface area contributed by atoms with Crippen molar-refractivity contribution in [3.05, 3.63) is 72.7 Å². The average Bonchev–Trinajstić information content (AvgIpc) is 3.09. The molecule has 3 heterocycles. The number of rotatable bonds is 3. The number of hydrogen-bond donors (Lipinski definition) is 2. The number of hydrogen-bond acceptors (Lipinski definition) is 3. The van der Waals surface area contributed by atoms with Crippen LogP contribution in [0.25, 0.3) is 22.6 Å². The Morgan fingerprint density at radius 2 is 1.79 bits per heavy atom. The third kappa shape index (κ3) is 2.72. The predicted molar refractivity (Wildman–Crippen MR) is 94.1 cm³/mol. The first-order valence-electron chi connectivity index (χ1n) is 7.78. The molecule has 5 nitrogen and oxygen atoms in total. The number of pyridine rings is 1. The molecule has 5 heteroatoms. The van der Waals surface area contributed by atoms with Crippen LogP contribution < -0.4 is 0 Å². The number of aromatic amines is 1. The Balaban J connectivity index is 1.82. The highest BCUT2D eigenvalue weighted by Gasteiger charge is 2.21. The van der Waals surface area contributed by atoms with Crippen molar-refractivity contribution in [2.45, 2.75) is 5.92 Å². The van der Waals surface area contributed by atoms with Gasteiger partial charge in [-0.1, -0.05) is 36.4 Å². The highest BCUT2D eigenvalue weighted by molar-refractivity contribution is 5.86. The summed E-state index contributed by atoms with van der Waals surface area (Å²) in [4.78, 5) is 16.5. The normalized spacial score (nSPS) is 16.8. The largest absolute Gasteiger partial charge is 0.494 e. The van der Waals surface area contributed by atoms with Gasteiger partial charge in [-0.05, 0) is 18.2 Å². The summed E-state index contributed by atoms with van der Waals surface area (Å²) in [5.41, 5.74) is 3.92. The summed E-state index contributed by atoms with van der Waals surface area (Å²) in [6.45, 7) is 0.497. The highest BCUT2D eigenvalue weighted by Crippen LogP contribution is 2.32. The number of imidazole rings is 1. The topological polar surface area (TPSA) is 74.2 Å². The van der Waals surface area contributed by atoms with E-state index < -0.39 is 0 Å². The van der Waals surface area contributed by atoms with Crippen LogP contribution in [0.1, 0.15) is 11.6 Å². The Bertz CT molecular complexity index is 898. The first-order valence-corrected chi connectivity index (χ1v) is 7.78. The van der Waals surface area contributed by atoms with Gasteiger partial charge in [0, 0.05) is 29.4 Å². The van der Waals surface area contributed by atoms with Crippen molar-refractivity contribution >= 4 is 5.90 Å². The second kappa shape index (κ2) is 6.12. The van der Waals surface area contributed by atoms with Gasteiger partial charge in [0.15, 0.2) is 0 Å². The summed E-state index contributed by atoms with van der Waals surface area (Å²) in [7, 11) is 0. The summed E-state index contributed by atoms with van der Waals surface area (Å²) < 4.78 is 0. The maximum Gasteiger partial charge on any atom is 0.205 e. The number of H-pyrrole nitrogens is 1. The van der Waals surface area contributed by atoms with Crippen molar-refractivity contribution in [3.8, 4) is 22.6 Å². The monoisotopic (exact) mass is 316 g/mol. The first-order chi connectivity index (χ1) is 11.8. The van der Waals surface area contributed by atoms with Crippen molar-refractivity contribution < 1.29 is 5.11 Å². The Hall–Kier alpha value is -3.21. The number of dihydropyridines is 1. The molecule has 0 fully saturated rings. The molecule has 1 unspecified atom stereocenters. The summed E-state index contributed by atoms with van der Waals surface area (Å²) in [6, 6.07) is 13.9. The van der Waals surface area contributed by atoms with Gasteiger partial charge in [-0.15, -0.1) is 0 Å². The zero-order valence-corrected chi connectivity index (χ0v) is 12.9. The number of aliphatic hydroxyl groups is 1. The van der Waals surface area contributed by atoms with Crippen LogP contribution in [0.15, 0.2) is 72.0 Å². The van der Waals surface area contributed by atoms with Crippen molar-refractivity contribution in [3.63, 3.8) is 0 Å². The van der Waals surface area contributed by atoms with Gasteiger partial charge in [0.05, 0.1) is 17.9 Å². The second-order valence-electron chi connectivity index (χ2n) is 5.61.